The molecule has 0 unspecified atom stereocenters. The van der Waals surface area contributed by atoms with Crippen LogP contribution < -0.4 is 5.73 Å². The first kappa shape index (κ1) is 13.7. The Labute approximate surface area is 89.9 Å². The molecule has 86 valence electrons. The van der Waals surface area contributed by atoms with Crippen molar-refractivity contribution in [2.75, 3.05) is 0 Å². The van der Waals surface area contributed by atoms with Gasteiger partial charge in [0.15, 0.2) is 0 Å². The van der Waals surface area contributed by atoms with Gasteiger partial charge in [0.2, 0.25) is 0 Å². The Hall–Kier alpha value is -2.34. The Bertz CT molecular complexity index is 356. The van der Waals surface area contributed by atoms with Crippen LogP contribution in [0.15, 0.2) is 10.3 Å². The second-order valence-electron chi connectivity index (χ2n) is 2.42. The predicted octanol–water partition coefficient (Wildman–Crippen LogP) is -0.484. The second-order valence-corrected chi connectivity index (χ2v) is 2.42. The second kappa shape index (κ2) is 8.01. The van der Waals surface area contributed by atoms with Crippen molar-refractivity contribution in [3.8, 4) is 0 Å². The maximum Gasteiger partial charge on any atom is 0.352 e. The predicted molar refractivity (Wildman–Crippen MR) is 49.7 cm³/mol. The summed E-state index contributed by atoms with van der Waals surface area (Å²) in [5.74, 6) is -1.64. The van der Waals surface area contributed by atoms with Crippen molar-refractivity contribution in [2.24, 2.45) is 16.0 Å². The summed E-state index contributed by atoms with van der Waals surface area (Å²) in [6.45, 7) is 0. The van der Waals surface area contributed by atoms with E-state index in [2.05, 4.69) is 20.0 Å². The Balaban J connectivity index is 3.91. The van der Waals surface area contributed by atoms with E-state index in [9.17, 15) is 9.59 Å². The Morgan fingerprint density at radius 2 is 1.81 bits per heavy atom. The van der Waals surface area contributed by atoms with Crippen molar-refractivity contribution in [3.63, 3.8) is 0 Å². The van der Waals surface area contributed by atoms with E-state index < -0.39 is 18.0 Å². The Morgan fingerprint density at radius 3 is 2.38 bits per heavy atom. The molecule has 0 fully saturated rings. The van der Waals surface area contributed by atoms with Gasteiger partial charge in [0.1, 0.15) is 18.1 Å². The molecule has 16 heavy (non-hydrogen) atoms. The SMILES string of the molecule is N=C=NOC(=O)CC[C@H](N)C(=O)ON=C=N. The highest BCUT2D eigenvalue weighted by atomic mass is 16.7. The number of nitrogens with zero attached hydrogens (tertiary/aromatic N) is 2. The van der Waals surface area contributed by atoms with Crippen molar-refractivity contribution >= 4 is 24.0 Å². The van der Waals surface area contributed by atoms with Crippen LogP contribution in [-0.4, -0.2) is 30.0 Å². The summed E-state index contributed by atoms with van der Waals surface area (Å²) in [6.07, 6.45) is -0.200. The molecule has 0 radical (unpaired) electrons. The smallest absolute Gasteiger partial charge is 0.318 e. The van der Waals surface area contributed by atoms with Crippen LogP contribution in [0.5, 0.6) is 0 Å². The van der Waals surface area contributed by atoms with E-state index in [0.717, 1.165) is 0 Å². The molecule has 0 aliphatic carbocycles. The fourth-order valence-corrected chi connectivity index (χ4v) is 0.646. The average Bonchev–Trinajstić information content (AvgIpc) is 2.30. The van der Waals surface area contributed by atoms with Gasteiger partial charge >= 0.3 is 11.9 Å². The number of carbonyl (C=O) groups is 2. The molecule has 9 nitrogen and oxygen atoms in total. The van der Waals surface area contributed by atoms with Crippen LogP contribution in [0.4, 0.5) is 0 Å². The minimum absolute atomic E-state index is 0.0291. The first-order valence-corrected chi connectivity index (χ1v) is 4.01. The van der Waals surface area contributed by atoms with Gasteiger partial charge in [0, 0.05) is 0 Å². The van der Waals surface area contributed by atoms with Gasteiger partial charge < -0.3 is 15.4 Å². The van der Waals surface area contributed by atoms with Crippen LogP contribution >= 0.6 is 0 Å². The third-order valence-electron chi connectivity index (χ3n) is 1.34. The third kappa shape index (κ3) is 6.17. The average molecular weight is 227 g/mol. The van der Waals surface area contributed by atoms with E-state index >= 15 is 0 Å². The summed E-state index contributed by atoms with van der Waals surface area (Å²) in [7, 11) is 0. The van der Waals surface area contributed by atoms with Gasteiger partial charge in [-0.2, -0.15) is 0 Å². The molecule has 0 aromatic rings. The van der Waals surface area contributed by atoms with E-state index in [-0.39, 0.29) is 12.8 Å². The third-order valence-corrected chi connectivity index (χ3v) is 1.34. The highest BCUT2D eigenvalue weighted by molar-refractivity contribution is 5.77. The number of rotatable bonds is 6. The van der Waals surface area contributed by atoms with Crippen molar-refractivity contribution in [3.05, 3.63) is 0 Å². The van der Waals surface area contributed by atoms with Gasteiger partial charge in [0.25, 0.3) is 0 Å². The van der Waals surface area contributed by atoms with E-state index in [1.54, 1.807) is 0 Å². The minimum Gasteiger partial charge on any atom is -0.318 e. The van der Waals surface area contributed by atoms with Gasteiger partial charge in [-0.1, -0.05) is 0 Å². The largest absolute Gasteiger partial charge is 0.352 e. The van der Waals surface area contributed by atoms with E-state index in [1.165, 1.54) is 12.0 Å². The van der Waals surface area contributed by atoms with Crippen LogP contribution in [0, 0.1) is 10.8 Å². The lowest BCUT2D eigenvalue weighted by molar-refractivity contribution is -0.146. The molecule has 0 spiro atoms. The van der Waals surface area contributed by atoms with E-state index in [0.29, 0.717) is 0 Å². The van der Waals surface area contributed by atoms with Crippen LogP contribution in [-0.2, 0) is 19.3 Å². The normalized spacial score (nSPS) is 10.3. The van der Waals surface area contributed by atoms with Crippen LogP contribution in [0.25, 0.3) is 0 Å². The standard InChI is InChI=1S/C7H9N5O4/c8-3-11-15-6(13)2-1-5(10)7(14)16-12-4-9/h5,8-9H,1-2,10H2/t5-/m0/s1. The first-order chi connectivity index (χ1) is 7.61. The minimum atomic E-state index is -1.06. The molecular formula is C7H9N5O4. The molecule has 0 aromatic heterocycles. The first-order valence-electron chi connectivity index (χ1n) is 4.01. The van der Waals surface area contributed by atoms with E-state index in [4.69, 9.17) is 16.6 Å². The molecule has 0 heterocycles. The summed E-state index contributed by atoms with van der Waals surface area (Å²) in [5, 5.41) is 18.3. The highest BCUT2D eigenvalue weighted by Gasteiger charge is 2.17. The van der Waals surface area contributed by atoms with Crippen LogP contribution in [0.3, 0.4) is 0 Å². The van der Waals surface area contributed by atoms with E-state index in [1.807, 2.05) is 0 Å². The fourth-order valence-electron chi connectivity index (χ4n) is 0.646. The monoisotopic (exact) mass is 227 g/mol. The lowest BCUT2D eigenvalue weighted by Crippen LogP contribution is -2.31. The molecule has 1 atom stereocenters. The number of hydrogen-bond donors (Lipinski definition) is 3. The molecule has 9 heteroatoms. The number of nitrogens with two attached hydrogens (primary N) is 1. The summed E-state index contributed by atoms with van der Waals surface area (Å²) in [6, 6.07) is 1.93. The highest BCUT2D eigenvalue weighted by Crippen LogP contribution is 1.99. The summed E-state index contributed by atoms with van der Waals surface area (Å²) < 4.78 is 0. The topological polar surface area (TPSA) is 151 Å². The Morgan fingerprint density at radius 1 is 1.25 bits per heavy atom. The molecule has 0 bridgehead atoms. The maximum atomic E-state index is 10.9. The van der Waals surface area contributed by atoms with Crippen molar-refractivity contribution in [1.82, 2.24) is 0 Å². The molecule has 0 aliphatic rings. The summed E-state index contributed by atoms with van der Waals surface area (Å²) >= 11 is 0. The molecule has 0 amide bonds. The van der Waals surface area contributed by atoms with Gasteiger partial charge in [-0.05, 0) is 16.7 Å². The lowest BCUT2D eigenvalue weighted by atomic mass is 10.2. The molecule has 4 N–H and O–H groups in total. The zero-order chi connectivity index (χ0) is 12.4. The van der Waals surface area contributed by atoms with Crippen molar-refractivity contribution in [2.45, 2.75) is 18.9 Å². The number of hydrogen-bond acceptors (Lipinski definition) is 9. The lowest BCUT2D eigenvalue weighted by Gasteiger charge is -2.05. The van der Waals surface area contributed by atoms with Crippen molar-refractivity contribution in [1.29, 1.82) is 10.8 Å². The molecule has 0 saturated carbocycles. The van der Waals surface area contributed by atoms with Gasteiger partial charge in [-0.25, -0.2) is 20.4 Å². The molecular weight excluding hydrogens is 218 g/mol. The zero-order valence-corrected chi connectivity index (χ0v) is 8.10. The number of carbonyl (C=O) groups excluding carboxylic acids is 2. The zero-order valence-electron chi connectivity index (χ0n) is 8.10. The number of nitrogens with one attached hydrogen (secondary N) is 2. The summed E-state index contributed by atoms with van der Waals surface area (Å²) in [4.78, 5) is 30.0. The quantitative estimate of drug-likeness (QED) is 0.318. The summed E-state index contributed by atoms with van der Waals surface area (Å²) in [5.41, 5.74) is 5.32. The Kier molecular flexibility index (Phi) is 6.84. The van der Waals surface area contributed by atoms with Gasteiger partial charge in [-0.15, -0.1) is 0 Å². The van der Waals surface area contributed by atoms with Crippen LogP contribution in [0.2, 0.25) is 0 Å². The van der Waals surface area contributed by atoms with Crippen molar-refractivity contribution < 1.29 is 19.3 Å². The molecule has 0 aromatic carbocycles. The molecule has 0 rings (SSSR count). The van der Waals surface area contributed by atoms with Gasteiger partial charge in [-0.3, -0.25) is 0 Å². The maximum absolute atomic E-state index is 10.9. The van der Waals surface area contributed by atoms with Crippen LogP contribution in [0.1, 0.15) is 12.8 Å². The molecule has 0 aliphatic heterocycles. The fraction of sp³-hybridized carbons (Fsp3) is 0.429. The van der Waals surface area contributed by atoms with Gasteiger partial charge in [0.05, 0.1) is 6.42 Å². The molecule has 0 saturated heterocycles.